The molecule has 0 radical (unpaired) electrons. The highest BCUT2D eigenvalue weighted by atomic mass is 35.5. The molecule has 0 aliphatic rings. The van der Waals surface area contributed by atoms with Gasteiger partial charge in [-0.3, -0.25) is 9.36 Å². The van der Waals surface area contributed by atoms with Crippen molar-refractivity contribution in [3.63, 3.8) is 0 Å². The van der Waals surface area contributed by atoms with Gasteiger partial charge in [-0.25, -0.2) is 9.97 Å². The maximum absolute atomic E-state index is 13.2. The number of thiazole rings is 1. The summed E-state index contributed by atoms with van der Waals surface area (Å²) >= 11 is 9.23. The predicted octanol–water partition coefficient (Wildman–Crippen LogP) is 4.88. The molecular weight excluding hydrogens is 374 g/mol. The molecule has 4 nitrogen and oxygen atoms in total. The van der Waals surface area contributed by atoms with Crippen LogP contribution in [0.15, 0.2) is 63.7 Å². The Labute approximate surface area is 157 Å². The Bertz CT molecular complexity index is 1120. The second kappa shape index (κ2) is 6.63. The fourth-order valence-electron chi connectivity index (χ4n) is 2.58. The van der Waals surface area contributed by atoms with Gasteiger partial charge in [-0.2, -0.15) is 0 Å². The Hall–Kier alpha value is -2.15. The zero-order valence-electron chi connectivity index (χ0n) is 13.1. The Morgan fingerprint density at radius 3 is 2.48 bits per heavy atom. The highest BCUT2D eigenvalue weighted by Crippen LogP contribution is 2.29. The molecule has 4 aromatic rings. The van der Waals surface area contributed by atoms with E-state index in [1.165, 1.54) is 23.1 Å². The topological polar surface area (TPSA) is 47.8 Å². The van der Waals surface area contributed by atoms with E-state index in [9.17, 15) is 4.79 Å². The summed E-state index contributed by atoms with van der Waals surface area (Å²) < 4.78 is 2.92. The summed E-state index contributed by atoms with van der Waals surface area (Å²) in [4.78, 5) is 22.4. The van der Waals surface area contributed by atoms with Crippen LogP contribution in [0, 0.1) is 0 Å². The number of nitrogens with zero attached hydrogens (tertiary/aromatic N) is 3. The molecule has 0 spiro atoms. The SMILES string of the molecule is CSc1nc2nc(-c3ccccc3)n(-c3ccccc3Cl)c(=O)c2s1. The minimum absolute atomic E-state index is 0.158. The van der Waals surface area contributed by atoms with Gasteiger partial charge in [0.2, 0.25) is 0 Å². The Morgan fingerprint density at radius 2 is 1.76 bits per heavy atom. The maximum Gasteiger partial charge on any atom is 0.278 e. The van der Waals surface area contributed by atoms with E-state index in [1.54, 1.807) is 10.6 Å². The second-order valence-electron chi connectivity index (χ2n) is 5.23. The van der Waals surface area contributed by atoms with E-state index in [0.29, 0.717) is 26.9 Å². The van der Waals surface area contributed by atoms with E-state index < -0.39 is 0 Å². The number of para-hydroxylation sites is 1. The van der Waals surface area contributed by atoms with Crippen molar-refractivity contribution in [1.82, 2.24) is 14.5 Å². The molecule has 2 aromatic heterocycles. The number of halogens is 1. The molecule has 7 heteroatoms. The average Bonchev–Trinajstić information content (AvgIpc) is 3.07. The monoisotopic (exact) mass is 385 g/mol. The third-order valence-electron chi connectivity index (χ3n) is 3.71. The van der Waals surface area contributed by atoms with Crippen molar-refractivity contribution < 1.29 is 0 Å². The molecule has 0 fully saturated rings. The van der Waals surface area contributed by atoms with E-state index in [4.69, 9.17) is 11.6 Å². The van der Waals surface area contributed by atoms with Gasteiger partial charge in [0.1, 0.15) is 10.5 Å². The van der Waals surface area contributed by atoms with Gasteiger partial charge in [0, 0.05) is 5.56 Å². The van der Waals surface area contributed by atoms with Gasteiger partial charge in [-0.15, -0.1) is 11.3 Å². The van der Waals surface area contributed by atoms with E-state index in [2.05, 4.69) is 9.97 Å². The standard InChI is InChI=1S/C18H12ClN3OS2/c1-24-18-21-15-14(25-18)17(23)22(13-10-6-5-9-12(13)19)16(20-15)11-7-3-2-4-8-11/h2-10H,1H3. The smallest absolute Gasteiger partial charge is 0.267 e. The fourth-order valence-corrected chi connectivity index (χ4v) is 4.23. The van der Waals surface area contributed by atoms with Crippen LogP contribution >= 0.6 is 34.7 Å². The number of thioether (sulfide) groups is 1. The third-order valence-corrected chi connectivity index (χ3v) is 6.05. The molecule has 0 aliphatic carbocycles. The van der Waals surface area contributed by atoms with E-state index in [1.807, 2.05) is 54.8 Å². The maximum atomic E-state index is 13.2. The first-order chi connectivity index (χ1) is 12.2. The summed E-state index contributed by atoms with van der Waals surface area (Å²) in [5.41, 5.74) is 1.76. The molecule has 0 atom stereocenters. The van der Waals surface area contributed by atoms with Crippen LogP contribution in [0.4, 0.5) is 0 Å². The van der Waals surface area contributed by atoms with E-state index in [0.717, 1.165) is 9.90 Å². The van der Waals surface area contributed by atoms with E-state index >= 15 is 0 Å². The lowest BCUT2D eigenvalue weighted by atomic mass is 10.2. The minimum atomic E-state index is -0.158. The van der Waals surface area contributed by atoms with Gasteiger partial charge < -0.3 is 0 Å². The molecule has 2 heterocycles. The number of fused-ring (bicyclic) bond motifs is 1. The highest BCUT2D eigenvalue weighted by Gasteiger charge is 2.19. The normalized spacial score (nSPS) is 11.1. The summed E-state index contributed by atoms with van der Waals surface area (Å²) in [7, 11) is 0. The molecule has 4 rings (SSSR count). The molecule has 0 unspecified atom stereocenters. The number of aromatic nitrogens is 3. The summed E-state index contributed by atoms with van der Waals surface area (Å²) in [5.74, 6) is 0.532. The number of benzene rings is 2. The summed E-state index contributed by atoms with van der Waals surface area (Å²) in [5, 5.41) is 0.498. The van der Waals surface area contributed by atoms with Gasteiger partial charge in [-0.05, 0) is 18.4 Å². The molecule has 0 saturated heterocycles. The molecule has 0 amide bonds. The van der Waals surface area contributed by atoms with Gasteiger partial charge >= 0.3 is 0 Å². The quantitative estimate of drug-likeness (QED) is 0.471. The Balaban J connectivity index is 2.13. The van der Waals surface area contributed by atoms with Crippen LogP contribution in [0.3, 0.4) is 0 Å². The Morgan fingerprint density at radius 1 is 1.04 bits per heavy atom. The van der Waals surface area contributed by atoms with Gasteiger partial charge in [0.05, 0.1) is 10.7 Å². The van der Waals surface area contributed by atoms with Crippen LogP contribution < -0.4 is 5.56 Å². The van der Waals surface area contributed by atoms with Crippen LogP contribution in [-0.2, 0) is 0 Å². The van der Waals surface area contributed by atoms with Crippen LogP contribution in [0.2, 0.25) is 5.02 Å². The molecule has 0 bridgehead atoms. The zero-order chi connectivity index (χ0) is 17.4. The molecule has 0 N–H and O–H groups in total. The average molecular weight is 386 g/mol. The van der Waals surface area contributed by atoms with Gasteiger partial charge in [0.15, 0.2) is 9.99 Å². The largest absolute Gasteiger partial charge is 0.278 e. The van der Waals surface area contributed by atoms with Crippen LogP contribution in [-0.4, -0.2) is 20.8 Å². The van der Waals surface area contributed by atoms with Gasteiger partial charge in [0.25, 0.3) is 5.56 Å². The highest BCUT2D eigenvalue weighted by molar-refractivity contribution is 8.00. The summed E-state index contributed by atoms with van der Waals surface area (Å²) in [6.07, 6.45) is 1.93. The predicted molar refractivity (Wildman–Crippen MR) is 105 cm³/mol. The van der Waals surface area contributed by atoms with E-state index in [-0.39, 0.29) is 5.56 Å². The molecule has 2 aromatic carbocycles. The molecule has 124 valence electrons. The number of hydrogen-bond donors (Lipinski definition) is 0. The van der Waals surface area contributed by atoms with Crippen molar-refractivity contribution >= 4 is 45.0 Å². The lowest BCUT2D eigenvalue weighted by Gasteiger charge is -2.13. The lowest BCUT2D eigenvalue weighted by molar-refractivity contribution is 0.973. The first-order valence-corrected chi connectivity index (χ1v) is 9.89. The fraction of sp³-hybridized carbons (Fsp3) is 0.0556. The summed E-state index contributed by atoms with van der Waals surface area (Å²) in [6, 6.07) is 16.9. The second-order valence-corrected chi connectivity index (χ2v) is 7.69. The van der Waals surface area contributed by atoms with Crippen molar-refractivity contribution in [1.29, 1.82) is 0 Å². The number of rotatable bonds is 3. The minimum Gasteiger partial charge on any atom is -0.267 e. The lowest BCUT2D eigenvalue weighted by Crippen LogP contribution is -2.21. The van der Waals surface area contributed by atoms with Crippen LogP contribution in [0.1, 0.15) is 0 Å². The van der Waals surface area contributed by atoms with Crippen molar-refractivity contribution in [3.05, 3.63) is 70.0 Å². The first-order valence-electron chi connectivity index (χ1n) is 7.47. The zero-order valence-corrected chi connectivity index (χ0v) is 15.5. The van der Waals surface area contributed by atoms with Crippen LogP contribution in [0.5, 0.6) is 0 Å². The molecular formula is C18H12ClN3OS2. The molecule has 25 heavy (non-hydrogen) atoms. The summed E-state index contributed by atoms with van der Waals surface area (Å²) in [6.45, 7) is 0. The molecule has 0 aliphatic heterocycles. The Kier molecular flexibility index (Phi) is 4.33. The first kappa shape index (κ1) is 16.3. The van der Waals surface area contributed by atoms with Crippen molar-refractivity contribution in [3.8, 4) is 17.1 Å². The number of hydrogen-bond acceptors (Lipinski definition) is 5. The van der Waals surface area contributed by atoms with Gasteiger partial charge in [-0.1, -0.05) is 65.8 Å². The van der Waals surface area contributed by atoms with Crippen molar-refractivity contribution in [2.75, 3.05) is 6.26 Å². The van der Waals surface area contributed by atoms with Crippen LogP contribution in [0.25, 0.3) is 27.4 Å². The van der Waals surface area contributed by atoms with Crippen molar-refractivity contribution in [2.24, 2.45) is 0 Å². The molecule has 0 saturated carbocycles. The van der Waals surface area contributed by atoms with Crippen molar-refractivity contribution in [2.45, 2.75) is 4.34 Å². The third kappa shape index (κ3) is 2.86.